The van der Waals surface area contributed by atoms with Crippen molar-refractivity contribution in [1.29, 1.82) is 0 Å². The number of carboxylic acids is 2. The van der Waals surface area contributed by atoms with E-state index in [2.05, 4.69) is 0 Å². The van der Waals surface area contributed by atoms with Crippen LogP contribution in [0.3, 0.4) is 0 Å². The molecule has 0 unspecified atom stereocenters. The Morgan fingerprint density at radius 3 is 1.11 bits per heavy atom. The molecule has 10 nitrogen and oxygen atoms in total. The molecule has 0 saturated heterocycles. The first-order chi connectivity index (χ1) is 11.9. The predicted molar refractivity (Wildman–Crippen MR) is 81.2 cm³/mol. The average molecular weight is 468 g/mol. The molecule has 0 aliphatic carbocycles. The molecular formula is C14H10O10S2Zn. The van der Waals surface area contributed by atoms with E-state index in [9.17, 15) is 36.6 Å². The van der Waals surface area contributed by atoms with Crippen LogP contribution in [0.25, 0.3) is 0 Å². The molecule has 0 radical (unpaired) electrons. The summed E-state index contributed by atoms with van der Waals surface area (Å²) in [4.78, 5) is 19.4. The smallest absolute Gasteiger partial charge is 0.545 e. The maximum absolute atomic E-state index is 10.6. The van der Waals surface area contributed by atoms with Crippen LogP contribution in [0, 0.1) is 0 Å². The molecule has 0 aliphatic rings. The van der Waals surface area contributed by atoms with E-state index >= 15 is 0 Å². The molecule has 2 aromatic carbocycles. The van der Waals surface area contributed by atoms with E-state index in [4.69, 9.17) is 9.11 Å². The van der Waals surface area contributed by atoms with Crippen molar-refractivity contribution in [3.63, 3.8) is 0 Å². The van der Waals surface area contributed by atoms with Crippen molar-refractivity contribution in [3.8, 4) is 0 Å². The van der Waals surface area contributed by atoms with Crippen molar-refractivity contribution in [1.82, 2.24) is 0 Å². The Bertz CT molecular complexity index is 960. The summed E-state index contributed by atoms with van der Waals surface area (Å²) in [5.41, 5.74) is -1.10. The second kappa shape index (κ2) is 9.67. The van der Waals surface area contributed by atoms with E-state index in [0.29, 0.717) is 0 Å². The molecule has 140 valence electrons. The number of hydrogen-bond acceptors (Lipinski definition) is 8. The van der Waals surface area contributed by atoms with Crippen LogP contribution in [0.2, 0.25) is 0 Å². The third-order valence-electron chi connectivity index (χ3n) is 2.77. The van der Waals surface area contributed by atoms with Gasteiger partial charge in [-0.15, -0.1) is 0 Å². The Labute approximate surface area is 166 Å². The normalized spacial score (nSPS) is 10.7. The molecule has 0 amide bonds. The van der Waals surface area contributed by atoms with Gasteiger partial charge in [0.15, 0.2) is 0 Å². The van der Waals surface area contributed by atoms with E-state index < -0.39 is 53.1 Å². The van der Waals surface area contributed by atoms with Gasteiger partial charge in [0.25, 0.3) is 20.2 Å². The fourth-order valence-electron chi connectivity index (χ4n) is 1.72. The zero-order valence-corrected chi connectivity index (χ0v) is 17.9. The Hall–Kier alpha value is -2.18. The first-order valence-corrected chi connectivity index (χ1v) is 9.29. The minimum absolute atomic E-state index is 0. The van der Waals surface area contributed by atoms with Gasteiger partial charge in [-0.3, -0.25) is 9.11 Å². The van der Waals surface area contributed by atoms with Gasteiger partial charge in [-0.2, -0.15) is 16.8 Å². The van der Waals surface area contributed by atoms with Gasteiger partial charge in [-0.25, -0.2) is 0 Å². The van der Waals surface area contributed by atoms with Gasteiger partial charge in [-0.05, 0) is 12.1 Å². The van der Waals surface area contributed by atoms with Gasteiger partial charge in [0, 0.05) is 11.1 Å². The second-order valence-corrected chi connectivity index (χ2v) is 7.30. The fraction of sp³-hybridized carbons (Fsp3) is 0. The zero-order chi connectivity index (χ0) is 20.1. The van der Waals surface area contributed by atoms with E-state index in [1.807, 2.05) is 0 Å². The minimum Gasteiger partial charge on any atom is -0.545 e. The monoisotopic (exact) mass is 466 g/mol. The summed E-state index contributed by atoms with van der Waals surface area (Å²) in [5, 5.41) is 20.8. The number of carboxylic acid groups (broad SMARTS) is 2. The summed E-state index contributed by atoms with van der Waals surface area (Å²) in [6, 6.07) is 9.32. The molecule has 0 heterocycles. The third-order valence-corrected chi connectivity index (χ3v) is 4.59. The largest absolute Gasteiger partial charge is 2.00 e. The van der Waals surface area contributed by atoms with E-state index in [-0.39, 0.29) is 19.5 Å². The van der Waals surface area contributed by atoms with E-state index in [1.54, 1.807) is 0 Å². The van der Waals surface area contributed by atoms with Crippen molar-refractivity contribution in [2.75, 3.05) is 0 Å². The number of hydrogen-bond donors (Lipinski definition) is 2. The van der Waals surface area contributed by atoms with Crippen LogP contribution < -0.4 is 10.2 Å². The summed E-state index contributed by atoms with van der Waals surface area (Å²) in [5.74, 6) is -3.29. The minimum atomic E-state index is -4.50. The molecule has 0 fully saturated rings. The summed E-state index contributed by atoms with van der Waals surface area (Å²) < 4.78 is 59.7. The number of carbonyl (C=O) groups is 2. The Morgan fingerprint density at radius 2 is 0.926 bits per heavy atom. The standard InChI is InChI=1S/2C7H6O5S.Zn/c2*8-7(9)5-3-1-2-4-6(5)13(10,11)12;/h2*1-4H,(H,8,9)(H,10,11,12);/q;;+2/p-2. The van der Waals surface area contributed by atoms with Crippen molar-refractivity contribution >= 4 is 32.2 Å². The van der Waals surface area contributed by atoms with Crippen LogP contribution in [0.5, 0.6) is 0 Å². The van der Waals surface area contributed by atoms with Gasteiger partial charge in [-0.1, -0.05) is 36.4 Å². The molecule has 2 N–H and O–H groups in total. The molecule has 0 bridgehead atoms. The van der Waals surface area contributed by atoms with Crippen LogP contribution in [-0.4, -0.2) is 37.9 Å². The van der Waals surface area contributed by atoms with E-state index in [0.717, 1.165) is 24.3 Å². The number of rotatable bonds is 4. The molecule has 2 rings (SSSR count). The summed E-state index contributed by atoms with van der Waals surface area (Å²) in [6.07, 6.45) is 0. The van der Waals surface area contributed by atoms with Gasteiger partial charge in [0.05, 0.1) is 11.9 Å². The van der Waals surface area contributed by atoms with Gasteiger partial charge in [0.2, 0.25) is 0 Å². The van der Waals surface area contributed by atoms with Crippen LogP contribution >= 0.6 is 0 Å². The first-order valence-electron chi connectivity index (χ1n) is 6.41. The third kappa shape index (κ3) is 7.15. The van der Waals surface area contributed by atoms with Gasteiger partial charge >= 0.3 is 19.5 Å². The zero-order valence-electron chi connectivity index (χ0n) is 13.3. The van der Waals surface area contributed by atoms with E-state index in [1.165, 1.54) is 24.3 Å². The SMILES string of the molecule is O=C([O-])c1ccccc1S(=O)(=O)O.O=C([O-])c1ccccc1S(=O)(=O)O.[Zn+2]. The quantitative estimate of drug-likeness (QED) is 0.399. The topological polar surface area (TPSA) is 189 Å². The molecular weight excluding hydrogens is 458 g/mol. The average Bonchev–Trinajstić information content (AvgIpc) is 2.54. The molecule has 27 heavy (non-hydrogen) atoms. The predicted octanol–water partition coefficient (Wildman–Crippen LogP) is -1.41. The maximum atomic E-state index is 10.6. The van der Waals surface area contributed by atoms with Crippen molar-refractivity contribution in [2.45, 2.75) is 9.79 Å². The molecule has 2 aromatic rings. The van der Waals surface area contributed by atoms with Crippen molar-refractivity contribution < 1.29 is 65.2 Å². The summed E-state index contributed by atoms with van der Waals surface area (Å²) in [6.45, 7) is 0. The van der Waals surface area contributed by atoms with Crippen LogP contribution in [0.1, 0.15) is 20.7 Å². The number of benzene rings is 2. The molecule has 0 aromatic heterocycles. The Kier molecular flexibility index (Phi) is 8.89. The van der Waals surface area contributed by atoms with Gasteiger partial charge < -0.3 is 19.8 Å². The number of carbonyl (C=O) groups excluding carboxylic acids is 2. The van der Waals surface area contributed by atoms with Crippen LogP contribution in [0.15, 0.2) is 58.3 Å². The Morgan fingerprint density at radius 1 is 0.667 bits per heavy atom. The van der Waals surface area contributed by atoms with Crippen LogP contribution in [0.4, 0.5) is 0 Å². The summed E-state index contributed by atoms with van der Waals surface area (Å²) in [7, 11) is -9.00. The second-order valence-electron chi connectivity index (χ2n) is 4.52. The van der Waals surface area contributed by atoms with Crippen molar-refractivity contribution in [2.24, 2.45) is 0 Å². The van der Waals surface area contributed by atoms with Crippen molar-refractivity contribution in [3.05, 3.63) is 59.7 Å². The first kappa shape index (κ1) is 24.8. The molecule has 0 saturated carbocycles. The van der Waals surface area contributed by atoms with Gasteiger partial charge in [0.1, 0.15) is 9.79 Å². The molecule has 0 atom stereocenters. The summed E-state index contributed by atoms with van der Waals surface area (Å²) >= 11 is 0. The van der Waals surface area contributed by atoms with Crippen LogP contribution in [-0.2, 0) is 39.7 Å². The fourth-order valence-corrected chi connectivity index (χ4v) is 3.08. The maximum Gasteiger partial charge on any atom is 2.00 e. The molecule has 0 spiro atoms. The Balaban J connectivity index is 0.000000483. The number of aromatic carboxylic acids is 2. The molecule has 13 heteroatoms. The molecule has 0 aliphatic heterocycles.